The van der Waals surface area contributed by atoms with E-state index < -0.39 is 10.8 Å². The third-order valence-corrected chi connectivity index (χ3v) is 7.45. The number of imidazole rings is 1. The van der Waals surface area contributed by atoms with E-state index in [9.17, 15) is 4.21 Å². The zero-order valence-corrected chi connectivity index (χ0v) is 20.9. The van der Waals surface area contributed by atoms with Crippen molar-refractivity contribution in [1.82, 2.24) is 24.4 Å². The predicted molar refractivity (Wildman–Crippen MR) is 138 cm³/mol. The lowest BCUT2D eigenvalue weighted by molar-refractivity contribution is 0.261. The number of fused-ring (bicyclic) bond motifs is 1. The molecule has 35 heavy (non-hydrogen) atoms. The van der Waals surface area contributed by atoms with E-state index in [4.69, 9.17) is 14.7 Å². The summed E-state index contributed by atoms with van der Waals surface area (Å²) >= 11 is 0. The summed E-state index contributed by atoms with van der Waals surface area (Å²) in [7, 11) is 2.65. The molecule has 9 heteroatoms. The Morgan fingerprint density at radius 2 is 1.80 bits per heavy atom. The summed E-state index contributed by atoms with van der Waals surface area (Å²) < 4.78 is 21.3. The van der Waals surface area contributed by atoms with Gasteiger partial charge in [-0.05, 0) is 63.3 Å². The maximum atomic E-state index is 13.5. The van der Waals surface area contributed by atoms with Crippen LogP contribution in [0.1, 0.15) is 31.7 Å². The Hall–Kier alpha value is -3.30. The molecule has 1 aliphatic carbocycles. The molecule has 182 valence electrons. The third-order valence-electron chi connectivity index (χ3n) is 6.13. The molecule has 0 spiro atoms. The van der Waals surface area contributed by atoms with Gasteiger partial charge in [-0.3, -0.25) is 4.57 Å². The van der Waals surface area contributed by atoms with Crippen molar-refractivity contribution in [2.24, 2.45) is 0 Å². The van der Waals surface area contributed by atoms with Gasteiger partial charge in [0.2, 0.25) is 11.1 Å². The van der Waals surface area contributed by atoms with Crippen LogP contribution < -0.4 is 10.1 Å². The Morgan fingerprint density at radius 1 is 1.06 bits per heavy atom. The minimum absolute atomic E-state index is 0.240. The van der Waals surface area contributed by atoms with Gasteiger partial charge in [0, 0.05) is 23.2 Å². The van der Waals surface area contributed by atoms with Crippen LogP contribution in [0.5, 0.6) is 5.75 Å². The highest BCUT2D eigenvalue weighted by atomic mass is 32.2. The molecule has 1 aliphatic rings. The smallest absolute Gasteiger partial charge is 0.229 e. The second-order valence-electron chi connectivity index (χ2n) is 8.99. The summed E-state index contributed by atoms with van der Waals surface area (Å²) in [5, 5.41) is 3.83. The quantitative estimate of drug-likeness (QED) is 0.361. The van der Waals surface area contributed by atoms with Crippen LogP contribution in [0.4, 0.5) is 11.6 Å². The number of aromatic nitrogens is 4. The number of rotatable bonds is 9. The van der Waals surface area contributed by atoms with Crippen LogP contribution in [0.2, 0.25) is 0 Å². The molecular weight excluding hydrogens is 460 g/mol. The highest BCUT2D eigenvalue weighted by molar-refractivity contribution is 7.85. The molecule has 5 rings (SSSR count). The lowest BCUT2D eigenvalue weighted by Gasteiger charge is -2.15. The van der Waals surface area contributed by atoms with Crippen LogP contribution in [0, 0.1) is 0 Å². The van der Waals surface area contributed by atoms with Gasteiger partial charge >= 0.3 is 0 Å². The fourth-order valence-electron chi connectivity index (χ4n) is 4.31. The van der Waals surface area contributed by atoms with Gasteiger partial charge in [0.1, 0.15) is 28.7 Å². The van der Waals surface area contributed by atoms with Gasteiger partial charge < -0.3 is 15.0 Å². The van der Waals surface area contributed by atoms with Gasteiger partial charge in [-0.15, -0.1) is 0 Å². The van der Waals surface area contributed by atoms with E-state index in [0.717, 1.165) is 54.2 Å². The van der Waals surface area contributed by atoms with E-state index >= 15 is 0 Å². The molecule has 0 amide bonds. The Balaban J connectivity index is 1.42. The zero-order chi connectivity index (χ0) is 24.2. The molecule has 0 aliphatic heterocycles. The van der Waals surface area contributed by atoms with Gasteiger partial charge in [0.15, 0.2) is 5.65 Å². The average Bonchev–Trinajstić information content (AvgIpc) is 3.52. The first-order valence-corrected chi connectivity index (χ1v) is 13.1. The number of hydrogen-bond donors (Lipinski definition) is 1. The molecule has 1 saturated carbocycles. The van der Waals surface area contributed by atoms with Crippen molar-refractivity contribution in [3.8, 4) is 5.75 Å². The zero-order valence-electron chi connectivity index (χ0n) is 20.1. The highest BCUT2D eigenvalue weighted by Gasteiger charge is 2.27. The van der Waals surface area contributed by atoms with E-state index in [0.29, 0.717) is 23.2 Å². The number of hydrogen-bond acceptors (Lipinski definition) is 7. The van der Waals surface area contributed by atoms with Gasteiger partial charge in [-0.1, -0.05) is 31.0 Å². The van der Waals surface area contributed by atoms with Crippen LogP contribution in [0.3, 0.4) is 0 Å². The van der Waals surface area contributed by atoms with Crippen LogP contribution in [-0.2, 0) is 10.8 Å². The second kappa shape index (κ2) is 10.5. The molecule has 1 unspecified atom stereocenters. The lowest BCUT2D eigenvalue weighted by Crippen LogP contribution is -2.19. The largest absolute Gasteiger partial charge is 0.492 e. The van der Waals surface area contributed by atoms with Gasteiger partial charge in [-0.2, -0.15) is 4.98 Å². The van der Waals surface area contributed by atoms with E-state index in [1.807, 2.05) is 68.7 Å². The average molecular weight is 491 g/mol. The summed E-state index contributed by atoms with van der Waals surface area (Å²) in [6, 6.07) is 17.5. The van der Waals surface area contributed by atoms with E-state index in [-0.39, 0.29) is 6.04 Å². The first-order chi connectivity index (χ1) is 17.1. The highest BCUT2D eigenvalue weighted by Crippen LogP contribution is 2.35. The summed E-state index contributed by atoms with van der Waals surface area (Å²) in [4.78, 5) is 16.8. The molecule has 0 radical (unpaired) electrons. The van der Waals surface area contributed by atoms with Gasteiger partial charge in [0.05, 0.1) is 6.20 Å². The van der Waals surface area contributed by atoms with Crippen molar-refractivity contribution in [1.29, 1.82) is 0 Å². The maximum absolute atomic E-state index is 13.5. The number of likely N-dealkylation sites (N-methyl/N-ethyl adjacent to an activating group) is 1. The monoisotopic (exact) mass is 490 g/mol. The molecule has 2 aromatic heterocycles. The van der Waals surface area contributed by atoms with Crippen LogP contribution in [-0.4, -0.2) is 55.9 Å². The normalized spacial score (nSPS) is 15.1. The van der Waals surface area contributed by atoms with Gasteiger partial charge in [0.25, 0.3) is 0 Å². The van der Waals surface area contributed by atoms with Crippen molar-refractivity contribution in [3.05, 3.63) is 60.8 Å². The minimum Gasteiger partial charge on any atom is -0.492 e. The summed E-state index contributed by atoms with van der Waals surface area (Å²) in [5.74, 6) is 1.30. The van der Waals surface area contributed by atoms with Crippen LogP contribution >= 0.6 is 0 Å². The van der Waals surface area contributed by atoms with E-state index in [1.165, 1.54) is 0 Å². The molecule has 1 N–H and O–H groups in total. The molecule has 1 fully saturated rings. The molecule has 0 saturated heterocycles. The number of ether oxygens (including phenoxy) is 1. The Labute approximate surface area is 207 Å². The SMILES string of the molecule is CN(C)CCOc1ccc(Nc2ncc3nc(S(=O)c4ccccc4)n(C4CCCC4)c3n2)cc1. The Morgan fingerprint density at radius 3 is 2.51 bits per heavy atom. The standard InChI is InChI=1S/C26H30N6O2S/c1-31(2)16-17-34-21-14-12-19(13-15-21)28-25-27-18-23-24(30-25)32(20-8-6-7-9-20)26(29-23)35(33)22-10-4-3-5-11-22/h3-5,10-15,18,20H,6-9,16-17H2,1-2H3,(H,27,28,30). The first kappa shape index (κ1) is 23.4. The predicted octanol–water partition coefficient (Wildman–Crippen LogP) is 4.79. The number of nitrogens with one attached hydrogen (secondary N) is 1. The third kappa shape index (κ3) is 5.36. The van der Waals surface area contributed by atoms with Crippen molar-refractivity contribution >= 4 is 33.6 Å². The van der Waals surface area contributed by atoms with Gasteiger partial charge in [-0.25, -0.2) is 14.2 Å². The fraction of sp³-hybridized carbons (Fsp3) is 0.346. The summed E-state index contributed by atoms with van der Waals surface area (Å²) in [6.07, 6.45) is 6.08. The van der Waals surface area contributed by atoms with Crippen molar-refractivity contribution in [2.75, 3.05) is 32.6 Å². The fourth-order valence-corrected chi connectivity index (χ4v) is 5.52. The van der Waals surface area contributed by atoms with Crippen molar-refractivity contribution < 1.29 is 8.95 Å². The van der Waals surface area contributed by atoms with E-state index in [2.05, 4.69) is 19.8 Å². The number of benzene rings is 2. The lowest BCUT2D eigenvalue weighted by atomic mass is 10.2. The molecule has 2 aromatic carbocycles. The summed E-state index contributed by atoms with van der Waals surface area (Å²) in [6.45, 7) is 1.50. The minimum atomic E-state index is -1.39. The topological polar surface area (TPSA) is 85.2 Å². The maximum Gasteiger partial charge on any atom is 0.229 e. The second-order valence-corrected chi connectivity index (χ2v) is 10.4. The Bertz CT molecular complexity index is 1300. The Kier molecular flexibility index (Phi) is 7.06. The number of nitrogens with zero attached hydrogens (tertiary/aromatic N) is 5. The molecule has 8 nitrogen and oxygen atoms in total. The van der Waals surface area contributed by atoms with Crippen molar-refractivity contribution in [3.63, 3.8) is 0 Å². The van der Waals surface area contributed by atoms with Crippen LogP contribution in [0.25, 0.3) is 11.2 Å². The van der Waals surface area contributed by atoms with Crippen LogP contribution in [0.15, 0.2) is 70.8 Å². The molecule has 1 atom stereocenters. The summed E-state index contributed by atoms with van der Waals surface area (Å²) in [5.41, 5.74) is 2.24. The van der Waals surface area contributed by atoms with Crippen molar-refractivity contribution in [2.45, 2.75) is 41.8 Å². The molecule has 0 bridgehead atoms. The molecule has 2 heterocycles. The first-order valence-electron chi connectivity index (χ1n) is 11.9. The van der Waals surface area contributed by atoms with E-state index in [1.54, 1.807) is 6.20 Å². The number of anilines is 2. The molecular formula is C26H30N6O2S. The molecule has 4 aromatic rings.